The number of methoxy groups -OCH3 is 1. The minimum atomic E-state index is -0.302. The molecule has 0 aliphatic carbocycles. The van der Waals surface area contributed by atoms with Gasteiger partial charge in [0.2, 0.25) is 11.8 Å². The van der Waals surface area contributed by atoms with Gasteiger partial charge in [0, 0.05) is 38.1 Å². The Hall–Kier alpha value is -2.25. The maximum atomic E-state index is 13.4. The summed E-state index contributed by atoms with van der Waals surface area (Å²) in [5, 5.41) is 2.02. The van der Waals surface area contributed by atoms with Gasteiger partial charge in [-0.3, -0.25) is 9.59 Å². The molecular weight excluding hydrogens is 439 g/mol. The highest BCUT2D eigenvalue weighted by Crippen LogP contribution is 2.20. The highest BCUT2D eigenvalue weighted by Gasteiger charge is 2.22. The molecule has 0 spiro atoms. The van der Waals surface area contributed by atoms with Gasteiger partial charge in [-0.25, -0.2) is 4.39 Å². The van der Waals surface area contributed by atoms with E-state index in [4.69, 9.17) is 4.74 Å². The molecule has 1 aromatic heterocycles. The molecule has 7 heteroatoms. The fourth-order valence-electron chi connectivity index (χ4n) is 3.60. The monoisotopic (exact) mass is 476 g/mol. The topological polar surface area (TPSA) is 49.9 Å². The smallest absolute Gasteiger partial charge is 0.242 e. The number of halogens is 1. The van der Waals surface area contributed by atoms with E-state index < -0.39 is 0 Å². The molecule has 1 aromatic carbocycles. The van der Waals surface area contributed by atoms with E-state index in [-0.39, 0.29) is 24.2 Å². The van der Waals surface area contributed by atoms with Crippen LogP contribution in [0.4, 0.5) is 4.39 Å². The van der Waals surface area contributed by atoms with Gasteiger partial charge in [-0.15, -0.1) is 11.3 Å². The minimum Gasteiger partial charge on any atom is -0.385 e. The van der Waals surface area contributed by atoms with Gasteiger partial charge in [-0.1, -0.05) is 38.3 Å². The van der Waals surface area contributed by atoms with Crippen LogP contribution in [0, 0.1) is 12.7 Å². The number of hydrogen-bond acceptors (Lipinski definition) is 4. The van der Waals surface area contributed by atoms with E-state index in [2.05, 4.69) is 6.92 Å². The summed E-state index contributed by atoms with van der Waals surface area (Å²) in [5.41, 5.74) is 2.00. The number of rotatable bonds is 15. The van der Waals surface area contributed by atoms with Crippen molar-refractivity contribution in [2.45, 2.75) is 65.5 Å². The highest BCUT2D eigenvalue weighted by atomic mass is 32.1. The number of amides is 2. The lowest BCUT2D eigenvalue weighted by Crippen LogP contribution is -2.43. The van der Waals surface area contributed by atoms with Crippen molar-refractivity contribution in [3.05, 3.63) is 57.5 Å². The SMILES string of the molecule is CCCCCCC(=O)N(CCCOC)CC(=O)N(Cc1ccc(F)cc1)Cc1sccc1C. The third-order valence-corrected chi connectivity index (χ3v) is 6.65. The largest absolute Gasteiger partial charge is 0.385 e. The van der Waals surface area contributed by atoms with Crippen molar-refractivity contribution in [3.8, 4) is 0 Å². The van der Waals surface area contributed by atoms with Gasteiger partial charge in [0.15, 0.2) is 0 Å². The Morgan fingerprint density at radius 1 is 0.970 bits per heavy atom. The van der Waals surface area contributed by atoms with Crippen LogP contribution < -0.4 is 0 Å². The fourth-order valence-corrected chi connectivity index (χ4v) is 4.52. The summed E-state index contributed by atoms with van der Waals surface area (Å²) >= 11 is 1.62. The summed E-state index contributed by atoms with van der Waals surface area (Å²) < 4.78 is 18.5. The standard InChI is InChI=1S/C26H37FN2O3S/c1-4-5-6-7-9-25(30)28(15-8-16-32-3)20-26(31)29(19-24-21(2)14-17-33-24)18-22-10-12-23(27)13-11-22/h10-14,17H,4-9,15-16,18-20H2,1-3H3. The van der Waals surface area contributed by atoms with Gasteiger partial charge in [0.05, 0.1) is 13.1 Å². The quantitative estimate of drug-likeness (QED) is 0.316. The maximum absolute atomic E-state index is 13.4. The zero-order valence-corrected chi connectivity index (χ0v) is 21.0. The molecule has 0 saturated heterocycles. The number of hydrogen-bond donors (Lipinski definition) is 0. The molecule has 2 rings (SSSR count). The van der Waals surface area contributed by atoms with Crippen LogP contribution >= 0.6 is 11.3 Å². The van der Waals surface area contributed by atoms with E-state index in [9.17, 15) is 14.0 Å². The number of benzene rings is 1. The van der Waals surface area contributed by atoms with Crippen LogP contribution in [0.3, 0.4) is 0 Å². The zero-order valence-electron chi connectivity index (χ0n) is 20.1. The second kappa shape index (κ2) is 14.8. The first kappa shape index (κ1) is 27.0. The lowest BCUT2D eigenvalue weighted by atomic mass is 10.1. The number of thiophene rings is 1. The third-order valence-electron chi connectivity index (χ3n) is 5.64. The molecule has 0 aliphatic rings. The van der Waals surface area contributed by atoms with E-state index in [0.717, 1.165) is 41.7 Å². The van der Waals surface area contributed by atoms with Gasteiger partial charge in [-0.05, 0) is 54.5 Å². The second-order valence-electron chi connectivity index (χ2n) is 8.38. The van der Waals surface area contributed by atoms with E-state index in [1.54, 1.807) is 40.4 Å². The molecule has 1 heterocycles. The maximum Gasteiger partial charge on any atom is 0.242 e. The van der Waals surface area contributed by atoms with Gasteiger partial charge in [0.25, 0.3) is 0 Å². The molecule has 2 aromatic rings. The van der Waals surface area contributed by atoms with Crippen LogP contribution in [0.5, 0.6) is 0 Å². The average molecular weight is 477 g/mol. The van der Waals surface area contributed by atoms with Crippen LogP contribution in [-0.2, 0) is 27.4 Å². The first-order valence-electron chi connectivity index (χ1n) is 11.8. The molecule has 0 aliphatic heterocycles. The molecule has 0 saturated carbocycles. The summed E-state index contributed by atoms with van der Waals surface area (Å²) in [6, 6.07) is 8.26. The first-order valence-corrected chi connectivity index (χ1v) is 12.6. The predicted molar refractivity (Wildman–Crippen MR) is 132 cm³/mol. The number of nitrogens with zero attached hydrogens (tertiary/aromatic N) is 2. The summed E-state index contributed by atoms with van der Waals surface area (Å²) in [5.74, 6) is -0.389. The Labute approximate surface area is 201 Å². The molecular formula is C26H37FN2O3S. The highest BCUT2D eigenvalue weighted by molar-refractivity contribution is 7.10. The van der Waals surface area contributed by atoms with Crippen molar-refractivity contribution in [2.24, 2.45) is 0 Å². The predicted octanol–water partition coefficient (Wildman–Crippen LogP) is 5.56. The molecule has 0 N–H and O–H groups in total. The molecule has 5 nitrogen and oxygen atoms in total. The number of ether oxygens (including phenoxy) is 1. The van der Waals surface area contributed by atoms with Crippen molar-refractivity contribution in [3.63, 3.8) is 0 Å². The van der Waals surface area contributed by atoms with E-state index >= 15 is 0 Å². The Balaban J connectivity index is 2.12. The number of unbranched alkanes of at least 4 members (excludes halogenated alkanes) is 3. The van der Waals surface area contributed by atoms with Crippen LogP contribution in [0.2, 0.25) is 0 Å². The van der Waals surface area contributed by atoms with Crippen LogP contribution in [-0.4, -0.2) is 48.4 Å². The lowest BCUT2D eigenvalue weighted by molar-refractivity contribution is -0.141. The fraction of sp³-hybridized carbons (Fsp3) is 0.538. The van der Waals surface area contributed by atoms with Crippen molar-refractivity contribution in [2.75, 3.05) is 26.8 Å². The van der Waals surface area contributed by atoms with E-state index in [1.807, 2.05) is 18.4 Å². The van der Waals surface area contributed by atoms with Crippen molar-refractivity contribution in [1.29, 1.82) is 0 Å². The van der Waals surface area contributed by atoms with Gasteiger partial charge >= 0.3 is 0 Å². The average Bonchev–Trinajstić information content (AvgIpc) is 3.21. The van der Waals surface area contributed by atoms with Crippen molar-refractivity contribution < 1.29 is 18.7 Å². The molecule has 0 bridgehead atoms. The lowest BCUT2D eigenvalue weighted by Gasteiger charge is -2.28. The normalized spacial score (nSPS) is 10.9. The molecule has 0 fully saturated rings. The minimum absolute atomic E-state index is 0.0181. The van der Waals surface area contributed by atoms with Crippen LogP contribution in [0.25, 0.3) is 0 Å². The molecule has 0 radical (unpaired) electrons. The summed E-state index contributed by atoms with van der Waals surface area (Å²) in [7, 11) is 1.63. The van der Waals surface area contributed by atoms with Crippen molar-refractivity contribution >= 4 is 23.2 Å². The van der Waals surface area contributed by atoms with Crippen LogP contribution in [0.1, 0.15) is 61.5 Å². The third kappa shape index (κ3) is 9.64. The second-order valence-corrected chi connectivity index (χ2v) is 9.38. The summed E-state index contributed by atoms with van der Waals surface area (Å²) in [4.78, 5) is 30.9. The van der Waals surface area contributed by atoms with Gasteiger partial charge < -0.3 is 14.5 Å². The molecule has 2 amide bonds. The van der Waals surface area contributed by atoms with Crippen LogP contribution in [0.15, 0.2) is 35.7 Å². The van der Waals surface area contributed by atoms with E-state index in [0.29, 0.717) is 39.1 Å². The number of carbonyl (C=O) groups is 2. The number of aryl methyl sites for hydroxylation is 1. The first-order chi connectivity index (χ1) is 15.9. The Bertz CT molecular complexity index is 853. The molecule has 0 atom stereocenters. The van der Waals surface area contributed by atoms with Gasteiger partial charge in [0.1, 0.15) is 5.82 Å². The molecule has 182 valence electrons. The zero-order chi connectivity index (χ0) is 24.1. The number of carbonyl (C=O) groups excluding carboxylic acids is 2. The summed E-state index contributed by atoms with van der Waals surface area (Å²) in [6.07, 6.45) is 5.24. The van der Waals surface area contributed by atoms with Gasteiger partial charge in [-0.2, -0.15) is 0 Å². The summed E-state index contributed by atoms with van der Waals surface area (Å²) in [6.45, 7) is 6.09. The molecule has 33 heavy (non-hydrogen) atoms. The Morgan fingerprint density at radius 2 is 1.73 bits per heavy atom. The Morgan fingerprint density at radius 3 is 2.36 bits per heavy atom. The van der Waals surface area contributed by atoms with E-state index in [1.165, 1.54) is 12.1 Å². The van der Waals surface area contributed by atoms with Crippen molar-refractivity contribution in [1.82, 2.24) is 9.80 Å². The molecule has 0 unspecified atom stereocenters. The Kier molecular flexibility index (Phi) is 12.1.